The number of urea groups is 1. The summed E-state index contributed by atoms with van der Waals surface area (Å²) in [4.78, 5) is 13.9. The van der Waals surface area contributed by atoms with Crippen molar-refractivity contribution in [2.45, 2.75) is 19.5 Å². The van der Waals surface area contributed by atoms with Crippen LogP contribution in [0.5, 0.6) is 0 Å². The maximum atomic E-state index is 13.5. The third-order valence-electron chi connectivity index (χ3n) is 3.61. The molecule has 0 aliphatic rings. The lowest BCUT2D eigenvalue weighted by Crippen LogP contribution is -2.36. The minimum absolute atomic E-state index is 0.238. The first-order valence-electron chi connectivity index (χ1n) is 8.02. The van der Waals surface area contributed by atoms with Gasteiger partial charge in [0, 0.05) is 19.6 Å². The molecule has 24 heavy (non-hydrogen) atoms. The molecule has 0 bridgehead atoms. The number of hydrogen-bond acceptors (Lipinski definition) is 2. The van der Waals surface area contributed by atoms with Crippen molar-refractivity contribution in [2.24, 2.45) is 0 Å². The number of rotatable bonds is 7. The Labute approximate surface area is 142 Å². The van der Waals surface area contributed by atoms with Crippen LogP contribution in [0.3, 0.4) is 0 Å². The molecule has 2 amide bonds. The van der Waals surface area contributed by atoms with Crippen molar-refractivity contribution in [3.63, 3.8) is 0 Å². The average molecular weight is 329 g/mol. The smallest absolute Gasteiger partial charge is 0.315 e. The second-order valence-corrected chi connectivity index (χ2v) is 6.01. The van der Waals surface area contributed by atoms with E-state index in [0.717, 1.165) is 12.1 Å². The number of hydrogen-bond donors (Lipinski definition) is 2. The van der Waals surface area contributed by atoms with E-state index in [9.17, 15) is 9.18 Å². The van der Waals surface area contributed by atoms with Crippen LogP contribution in [0.2, 0.25) is 0 Å². The van der Waals surface area contributed by atoms with Crippen molar-refractivity contribution in [1.29, 1.82) is 0 Å². The van der Waals surface area contributed by atoms with Crippen molar-refractivity contribution in [2.75, 3.05) is 20.6 Å². The van der Waals surface area contributed by atoms with Gasteiger partial charge in [0.15, 0.2) is 0 Å². The summed E-state index contributed by atoms with van der Waals surface area (Å²) in [6, 6.07) is 14.5. The summed E-state index contributed by atoms with van der Waals surface area (Å²) < 4.78 is 13.5. The normalized spacial score (nSPS) is 10.7. The fraction of sp³-hybridized carbons (Fsp3) is 0.316. The van der Waals surface area contributed by atoms with Gasteiger partial charge in [-0.1, -0.05) is 42.5 Å². The molecule has 128 valence electrons. The van der Waals surface area contributed by atoms with Gasteiger partial charge in [-0.05, 0) is 43.3 Å². The van der Waals surface area contributed by atoms with Gasteiger partial charge in [-0.15, -0.1) is 0 Å². The maximum absolute atomic E-state index is 13.5. The molecular weight excluding hydrogens is 305 g/mol. The van der Waals surface area contributed by atoms with Crippen LogP contribution in [0.1, 0.15) is 16.7 Å². The topological polar surface area (TPSA) is 44.4 Å². The molecule has 0 aromatic heterocycles. The summed E-state index contributed by atoms with van der Waals surface area (Å²) in [7, 11) is 4.06. The molecule has 4 nitrogen and oxygen atoms in total. The quantitative estimate of drug-likeness (QED) is 0.820. The number of amides is 2. The maximum Gasteiger partial charge on any atom is 0.315 e. The predicted octanol–water partition coefficient (Wildman–Crippen LogP) is 2.93. The zero-order chi connectivity index (χ0) is 17.4. The van der Waals surface area contributed by atoms with Gasteiger partial charge < -0.3 is 15.5 Å². The van der Waals surface area contributed by atoms with Crippen molar-refractivity contribution in [1.82, 2.24) is 15.5 Å². The SMILES string of the molecule is CN(C)Cc1ccc(CNC(=O)NCCc2ccccc2F)cc1. The number of nitrogens with zero attached hydrogens (tertiary/aromatic N) is 1. The summed E-state index contributed by atoms with van der Waals surface area (Å²) in [6.07, 6.45) is 0.472. The van der Waals surface area contributed by atoms with E-state index in [1.807, 2.05) is 26.2 Å². The molecule has 2 rings (SSSR count). The number of halogens is 1. The first kappa shape index (κ1) is 17.9. The molecule has 0 aliphatic carbocycles. The Hall–Kier alpha value is -2.40. The van der Waals surface area contributed by atoms with Crippen molar-refractivity contribution in [3.8, 4) is 0 Å². The molecule has 0 radical (unpaired) electrons. The Bertz CT molecular complexity index is 656. The van der Waals surface area contributed by atoms with Crippen LogP contribution in [-0.2, 0) is 19.5 Å². The van der Waals surface area contributed by atoms with Gasteiger partial charge in [-0.25, -0.2) is 9.18 Å². The molecule has 2 aromatic rings. The standard InChI is InChI=1S/C19H24FN3O/c1-23(2)14-16-9-7-15(8-10-16)13-22-19(24)21-12-11-17-5-3-4-6-18(17)20/h3-10H,11-14H2,1-2H3,(H2,21,22,24). The lowest BCUT2D eigenvalue weighted by Gasteiger charge is -2.11. The molecule has 2 N–H and O–H groups in total. The summed E-state index contributed by atoms with van der Waals surface area (Å²) in [5.41, 5.74) is 2.88. The molecule has 0 heterocycles. The minimum Gasteiger partial charge on any atom is -0.338 e. The number of benzene rings is 2. The highest BCUT2D eigenvalue weighted by Crippen LogP contribution is 2.07. The summed E-state index contributed by atoms with van der Waals surface area (Å²) >= 11 is 0. The van der Waals surface area contributed by atoms with E-state index in [0.29, 0.717) is 25.1 Å². The largest absolute Gasteiger partial charge is 0.338 e. The van der Waals surface area contributed by atoms with Crippen LogP contribution < -0.4 is 10.6 Å². The zero-order valence-electron chi connectivity index (χ0n) is 14.2. The molecule has 5 heteroatoms. The van der Waals surface area contributed by atoms with Gasteiger partial charge in [-0.3, -0.25) is 0 Å². The molecule has 0 aliphatic heterocycles. The fourth-order valence-corrected chi connectivity index (χ4v) is 2.38. The van der Waals surface area contributed by atoms with Crippen LogP contribution in [0.25, 0.3) is 0 Å². The average Bonchev–Trinajstić information content (AvgIpc) is 2.55. The minimum atomic E-state index is -0.247. The van der Waals surface area contributed by atoms with E-state index in [2.05, 4.69) is 27.7 Å². The molecule has 0 atom stereocenters. The Kier molecular flexibility index (Phi) is 6.75. The molecule has 0 unspecified atom stereocenters. The highest BCUT2D eigenvalue weighted by Gasteiger charge is 2.03. The van der Waals surface area contributed by atoms with E-state index in [1.165, 1.54) is 11.6 Å². The monoisotopic (exact) mass is 329 g/mol. The van der Waals surface area contributed by atoms with Crippen LogP contribution >= 0.6 is 0 Å². The van der Waals surface area contributed by atoms with E-state index < -0.39 is 0 Å². The molecule has 2 aromatic carbocycles. The third-order valence-corrected chi connectivity index (χ3v) is 3.61. The Morgan fingerprint density at radius 2 is 1.67 bits per heavy atom. The first-order chi connectivity index (χ1) is 11.5. The Balaban J connectivity index is 1.70. The third kappa shape index (κ3) is 6.01. The Morgan fingerprint density at radius 3 is 2.33 bits per heavy atom. The molecule has 0 saturated heterocycles. The Morgan fingerprint density at radius 1 is 1.00 bits per heavy atom. The first-order valence-corrected chi connectivity index (χ1v) is 8.02. The van der Waals surface area contributed by atoms with Gasteiger partial charge in [0.1, 0.15) is 5.82 Å². The highest BCUT2D eigenvalue weighted by atomic mass is 19.1. The lowest BCUT2D eigenvalue weighted by atomic mass is 10.1. The molecular formula is C19H24FN3O. The van der Waals surface area contributed by atoms with E-state index >= 15 is 0 Å². The van der Waals surface area contributed by atoms with Crippen LogP contribution in [0.15, 0.2) is 48.5 Å². The molecule has 0 saturated carbocycles. The zero-order valence-corrected chi connectivity index (χ0v) is 14.2. The fourth-order valence-electron chi connectivity index (χ4n) is 2.38. The summed E-state index contributed by atoms with van der Waals surface area (Å²) in [6.45, 7) is 1.76. The second kappa shape index (κ2) is 9.03. The van der Waals surface area contributed by atoms with Crippen LogP contribution in [0.4, 0.5) is 9.18 Å². The second-order valence-electron chi connectivity index (χ2n) is 6.01. The van der Waals surface area contributed by atoms with Crippen LogP contribution in [0, 0.1) is 5.82 Å². The molecule has 0 fully saturated rings. The van der Waals surface area contributed by atoms with Gasteiger partial charge in [0.2, 0.25) is 0 Å². The number of carbonyl (C=O) groups is 1. The lowest BCUT2D eigenvalue weighted by molar-refractivity contribution is 0.240. The van der Waals surface area contributed by atoms with Crippen molar-refractivity contribution < 1.29 is 9.18 Å². The van der Waals surface area contributed by atoms with Crippen LogP contribution in [-0.4, -0.2) is 31.6 Å². The number of carbonyl (C=O) groups excluding carboxylic acids is 1. The summed E-state index contributed by atoms with van der Waals surface area (Å²) in [5, 5.41) is 5.55. The van der Waals surface area contributed by atoms with E-state index in [4.69, 9.17) is 0 Å². The van der Waals surface area contributed by atoms with Gasteiger partial charge in [-0.2, -0.15) is 0 Å². The van der Waals surface area contributed by atoms with Crippen molar-refractivity contribution >= 4 is 6.03 Å². The van der Waals surface area contributed by atoms with E-state index in [-0.39, 0.29) is 11.8 Å². The van der Waals surface area contributed by atoms with Gasteiger partial charge in [0.05, 0.1) is 0 Å². The van der Waals surface area contributed by atoms with Gasteiger partial charge >= 0.3 is 6.03 Å². The predicted molar refractivity (Wildman–Crippen MR) is 94.2 cm³/mol. The summed E-state index contributed by atoms with van der Waals surface area (Å²) in [5.74, 6) is -0.238. The van der Waals surface area contributed by atoms with E-state index in [1.54, 1.807) is 18.2 Å². The van der Waals surface area contributed by atoms with Crippen molar-refractivity contribution in [3.05, 3.63) is 71.0 Å². The molecule has 0 spiro atoms. The number of nitrogens with one attached hydrogen (secondary N) is 2. The highest BCUT2D eigenvalue weighted by molar-refractivity contribution is 5.73. The van der Waals surface area contributed by atoms with Gasteiger partial charge in [0.25, 0.3) is 0 Å².